The zero-order valence-corrected chi connectivity index (χ0v) is 8.75. The third-order valence-electron chi connectivity index (χ3n) is 2.06. The van der Waals surface area contributed by atoms with Crippen LogP contribution in [0.25, 0.3) is 5.69 Å². The third-order valence-corrected chi connectivity index (χ3v) is 2.06. The van der Waals surface area contributed by atoms with Gasteiger partial charge in [0.1, 0.15) is 12.1 Å². The van der Waals surface area contributed by atoms with Crippen LogP contribution in [-0.2, 0) is 0 Å². The average Bonchev–Trinajstić information content (AvgIpc) is 2.66. The Bertz CT molecular complexity index is 460. The molecule has 0 amide bonds. The molecular weight excluding hydrogens is 190 g/mol. The minimum absolute atomic E-state index is 0.324. The number of nitrogens with two attached hydrogens (primary N) is 1. The molecule has 5 nitrogen and oxygen atoms in total. The molecule has 15 heavy (non-hydrogen) atoms. The van der Waals surface area contributed by atoms with Crippen LogP contribution in [0.3, 0.4) is 0 Å². The van der Waals surface area contributed by atoms with E-state index in [0.29, 0.717) is 11.7 Å². The van der Waals surface area contributed by atoms with Gasteiger partial charge in [0.05, 0.1) is 5.69 Å². The average molecular weight is 203 g/mol. The highest BCUT2D eigenvalue weighted by molar-refractivity contribution is 5.40. The molecule has 0 unspecified atom stereocenters. The minimum atomic E-state index is 0.324. The second kappa shape index (κ2) is 3.68. The number of pyridine rings is 1. The molecule has 78 valence electrons. The van der Waals surface area contributed by atoms with Gasteiger partial charge in [-0.05, 0) is 6.07 Å². The van der Waals surface area contributed by atoms with Crippen molar-refractivity contribution in [1.82, 2.24) is 19.7 Å². The van der Waals surface area contributed by atoms with Crippen molar-refractivity contribution >= 4 is 5.82 Å². The van der Waals surface area contributed by atoms with Crippen molar-refractivity contribution in [3.63, 3.8) is 0 Å². The lowest BCUT2D eigenvalue weighted by Crippen LogP contribution is -1.99. The zero-order chi connectivity index (χ0) is 10.8. The summed E-state index contributed by atoms with van der Waals surface area (Å²) in [5.74, 6) is 1.63. The second-order valence-corrected chi connectivity index (χ2v) is 3.64. The molecule has 0 aliphatic rings. The minimum Gasteiger partial charge on any atom is -0.384 e. The topological polar surface area (TPSA) is 69.6 Å². The van der Waals surface area contributed by atoms with Crippen LogP contribution in [0.15, 0.2) is 24.7 Å². The SMILES string of the molecule is CC(C)c1ncn(-c2ccnc(N)c2)n1. The normalized spacial score (nSPS) is 10.9. The summed E-state index contributed by atoms with van der Waals surface area (Å²) in [5, 5.41) is 4.34. The Kier molecular flexibility index (Phi) is 2.37. The summed E-state index contributed by atoms with van der Waals surface area (Å²) < 4.78 is 1.70. The number of hydrogen-bond acceptors (Lipinski definition) is 4. The molecule has 2 aromatic rings. The maximum absolute atomic E-state index is 5.59. The predicted octanol–water partition coefficient (Wildman–Crippen LogP) is 1.37. The largest absolute Gasteiger partial charge is 0.384 e. The maximum atomic E-state index is 5.59. The molecule has 0 aliphatic heterocycles. The number of anilines is 1. The Hall–Kier alpha value is -1.91. The highest BCUT2D eigenvalue weighted by Gasteiger charge is 2.06. The summed E-state index contributed by atoms with van der Waals surface area (Å²) in [4.78, 5) is 8.14. The lowest BCUT2D eigenvalue weighted by atomic mass is 10.2. The summed E-state index contributed by atoms with van der Waals surface area (Å²) in [6, 6.07) is 3.61. The van der Waals surface area contributed by atoms with Gasteiger partial charge in [-0.15, -0.1) is 0 Å². The molecule has 2 N–H and O–H groups in total. The van der Waals surface area contributed by atoms with Crippen molar-refractivity contribution in [2.24, 2.45) is 0 Å². The molecule has 0 aromatic carbocycles. The van der Waals surface area contributed by atoms with E-state index in [9.17, 15) is 0 Å². The van der Waals surface area contributed by atoms with Crippen LogP contribution in [0.1, 0.15) is 25.6 Å². The van der Waals surface area contributed by atoms with Crippen LogP contribution >= 0.6 is 0 Å². The van der Waals surface area contributed by atoms with E-state index in [-0.39, 0.29) is 0 Å². The monoisotopic (exact) mass is 203 g/mol. The van der Waals surface area contributed by atoms with Gasteiger partial charge in [0.2, 0.25) is 0 Å². The molecule has 0 radical (unpaired) electrons. The van der Waals surface area contributed by atoms with E-state index in [2.05, 4.69) is 28.9 Å². The summed E-state index contributed by atoms with van der Waals surface area (Å²) in [6.07, 6.45) is 3.34. The number of aromatic nitrogens is 4. The van der Waals surface area contributed by atoms with E-state index in [1.165, 1.54) is 0 Å². The molecule has 2 rings (SSSR count). The van der Waals surface area contributed by atoms with Crippen molar-refractivity contribution < 1.29 is 0 Å². The lowest BCUT2D eigenvalue weighted by molar-refractivity contribution is 0.753. The Morgan fingerprint density at radius 3 is 2.73 bits per heavy atom. The van der Waals surface area contributed by atoms with Crippen LogP contribution in [0.5, 0.6) is 0 Å². The Balaban J connectivity index is 2.37. The first-order valence-electron chi connectivity index (χ1n) is 4.80. The molecule has 0 aliphatic carbocycles. The summed E-state index contributed by atoms with van der Waals surface area (Å²) >= 11 is 0. The molecule has 0 spiro atoms. The first kappa shape index (κ1) is 9.64. The molecule has 0 atom stereocenters. The quantitative estimate of drug-likeness (QED) is 0.800. The predicted molar refractivity (Wildman–Crippen MR) is 57.7 cm³/mol. The molecule has 0 bridgehead atoms. The van der Waals surface area contributed by atoms with E-state index in [4.69, 9.17) is 5.73 Å². The molecule has 5 heteroatoms. The van der Waals surface area contributed by atoms with Gasteiger partial charge in [-0.2, -0.15) is 5.10 Å². The molecule has 0 saturated heterocycles. The smallest absolute Gasteiger partial charge is 0.153 e. The second-order valence-electron chi connectivity index (χ2n) is 3.64. The fraction of sp³-hybridized carbons (Fsp3) is 0.300. The molecule has 2 aromatic heterocycles. The maximum Gasteiger partial charge on any atom is 0.153 e. The fourth-order valence-electron chi connectivity index (χ4n) is 1.24. The van der Waals surface area contributed by atoms with E-state index in [1.54, 1.807) is 23.3 Å². The van der Waals surface area contributed by atoms with Crippen molar-refractivity contribution in [2.75, 3.05) is 5.73 Å². The highest BCUT2D eigenvalue weighted by Crippen LogP contribution is 2.11. The van der Waals surface area contributed by atoms with E-state index >= 15 is 0 Å². The standard InChI is InChI=1S/C10H13N5/c1-7(2)10-13-6-15(14-10)8-3-4-12-9(11)5-8/h3-7H,1-2H3,(H2,11,12). The first-order chi connectivity index (χ1) is 7.16. The van der Waals surface area contributed by atoms with Crippen LogP contribution in [0.4, 0.5) is 5.82 Å². The molecule has 0 fully saturated rings. The number of nitrogens with zero attached hydrogens (tertiary/aromatic N) is 4. The van der Waals surface area contributed by atoms with Crippen molar-refractivity contribution in [3.05, 3.63) is 30.5 Å². The molecular formula is C10H13N5. The van der Waals surface area contributed by atoms with Gasteiger partial charge in [-0.3, -0.25) is 0 Å². The van der Waals surface area contributed by atoms with E-state index in [1.807, 2.05) is 6.07 Å². The zero-order valence-electron chi connectivity index (χ0n) is 8.75. The molecule has 0 saturated carbocycles. The van der Waals surface area contributed by atoms with E-state index in [0.717, 1.165) is 11.5 Å². The van der Waals surface area contributed by atoms with E-state index < -0.39 is 0 Å². The van der Waals surface area contributed by atoms with Gasteiger partial charge in [-0.1, -0.05) is 13.8 Å². The fourth-order valence-corrected chi connectivity index (χ4v) is 1.24. The van der Waals surface area contributed by atoms with Crippen LogP contribution in [-0.4, -0.2) is 19.7 Å². The summed E-state index contributed by atoms with van der Waals surface area (Å²) in [7, 11) is 0. The van der Waals surface area contributed by atoms with Crippen molar-refractivity contribution in [1.29, 1.82) is 0 Å². The van der Waals surface area contributed by atoms with Crippen molar-refractivity contribution in [2.45, 2.75) is 19.8 Å². The summed E-state index contributed by atoms with van der Waals surface area (Å²) in [6.45, 7) is 4.11. The first-order valence-corrected chi connectivity index (χ1v) is 4.80. The highest BCUT2D eigenvalue weighted by atomic mass is 15.3. The Labute approximate surface area is 88.0 Å². The van der Waals surface area contributed by atoms with Crippen LogP contribution in [0.2, 0.25) is 0 Å². The van der Waals surface area contributed by atoms with Gasteiger partial charge in [0.25, 0.3) is 0 Å². The number of nitrogen functional groups attached to an aromatic ring is 1. The Morgan fingerprint density at radius 1 is 1.33 bits per heavy atom. The van der Waals surface area contributed by atoms with Crippen LogP contribution in [0, 0.1) is 0 Å². The third kappa shape index (κ3) is 1.96. The number of rotatable bonds is 2. The van der Waals surface area contributed by atoms with Gasteiger partial charge in [-0.25, -0.2) is 14.6 Å². The Morgan fingerprint density at radius 2 is 2.13 bits per heavy atom. The lowest BCUT2D eigenvalue weighted by Gasteiger charge is -2.00. The van der Waals surface area contributed by atoms with Crippen molar-refractivity contribution in [3.8, 4) is 5.69 Å². The van der Waals surface area contributed by atoms with Gasteiger partial charge in [0, 0.05) is 18.2 Å². The van der Waals surface area contributed by atoms with Gasteiger partial charge < -0.3 is 5.73 Å². The van der Waals surface area contributed by atoms with Gasteiger partial charge in [0.15, 0.2) is 5.82 Å². The summed E-state index contributed by atoms with van der Waals surface area (Å²) in [5.41, 5.74) is 6.47. The van der Waals surface area contributed by atoms with Crippen LogP contribution < -0.4 is 5.73 Å². The van der Waals surface area contributed by atoms with Gasteiger partial charge >= 0.3 is 0 Å². The number of hydrogen-bond donors (Lipinski definition) is 1. The molecule has 2 heterocycles.